The second-order valence-electron chi connectivity index (χ2n) is 6.66. The number of hydrogen-bond acceptors (Lipinski definition) is 5. The number of hydrogen-bond donors (Lipinski definition) is 1. The highest BCUT2D eigenvalue weighted by atomic mass is 32.1. The van der Waals surface area contributed by atoms with Crippen LogP contribution >= 0.6 is 22.7 Å². The van der Waals surface area contributed by atoms with E-state index in [-0.39, 0.29) is 5.91 Å². The minimum Gasteiger partial charge on any atom is -0.330 e. The van der Waals surface area contributed by atoms with Gasteiger partial charge in [-0.3, -0.25) is 4.79 Å². The SMILES string of the molecule is Cc1ncsc1C(=O)N(Cc1ccsc1)[C@H]1CC12CCNCC2. The van der Waals surface area contributed by atoms with Crippen LogP contribution in [0.15, 0.2) is 22.3 Å². The van der Waals surface area contributed by atoms with Gasteiger partial charge in [0.15, 0.2) is 0 Å². The molecule has 0 aromatic carbocycles. The number of piperidine rings is 1. The van der Waals surface area contributed by atoms with Crippen molar-refractivity contribution in [1.82, 2.24) is 15.2 Å². The molecule has 1 saturated carbocycles. The molecule has 1 atom stereocenters. The second kappa shape index (κ2) is 6.00. The fourth-order valence-electron chi connectivity index (χ4n) is 3.77. The molecule has 2 fully saturated rings. The van der Waals surface area contributed by atoms with Crippen LogP contribution in [0.5, 0.6) is 0 Å². The third-order valence-electron chi connectivity index (χ3n) is 5.26. The quantitative estimate of drug-likeness (QED) is 0.923. The van der Waals surface area contributed by atoms with Crippen molar-refractivity contribution in [3.05, 3.63) is 38.5 Å². The lowest BCUT2D eigenvalue weighted by Gasteiger charge is -2.29. The number of aryl methyl sites for hydroxylation is 1. The standard InChI is InChI=1S/C17H21N3OS2/c1-12-15(23-11-19-12)16(21)20(9-13-2-7-22-10-13)14-8-17(14)3-5-18-6-4-17/h2,7,10-11,14,18H,3-6,8-9H2,1H3/t14-/m0/s1. The maximum absolute atomic E-state index is 13.1. The van der Waals surface area contributed by atoms with E-state index in [2.05, 4.69) is 32.0 Å². The molecule has 0 unspecified atom stereocenters. The number of carbonyl (C=O) groups excluding carboxylic acids is 1. The summed E-state index contributed by atoms with van der Waals surface area (Å²) in [5.74, 6) is 0.164. The van der Waals surface area contributed by atoms with Gasteiger partial charge in [0, 0.05) is 12.6 Å². The minimum atomic E-state index is 0.164. The molecule has 122 valence electrons. The number of carbonyl (C=O) groups is 1. The minimum absolute atomic E-state index is 0.164. The maximum atomic E-state index is 13.1. The summed E-state index contributed by atoms with van der Waals surface area (Å²) in [5, 5.41) is 7.68. The highest BCUT2D eigenvalue weighted by Gasteiger charge is 2.57. The van der Waals surface area contributed by atoms with E-state index in [1.54, 1.807) is 16.8 Å². The van der Waals surface area contributed by atoms with Gasteiger partial charge in [-0.05, 0) is 67.1 Å². The molecule has 4 rings (SSSR count). The summed E-state index contributed by atoms with van der Waals surface area (Å²) in [6.07, 6.45) is 3.53. The fourth-order valence-corrected chi connectivity index (χ4v) is 5.19. The third kappa shape index (κ3) is 2.84. The van der Waals surface area contributed by atoms with E-state index < -0.39 is 0 Å². The topological polar surface area (TPSA) is 45.2 Å². The van der Waals surface area contributed by atoms with Crippen LogP contribution in [-0.4, -0.2) is 34.9 Å². The van der Waals surface area contributed by atoms with E-state index in [9.17, 15) is 4.79 Å². The summed E-state index contributed by atoms with van der Waals surface area (Å²) < 4.78 is 0. The van der Waals surface area contributed by atoms with E-state index in [0.29, 0.717) is 11.5 Å². The summed E-state index contributed by atoms with van der Waals surface area (Å²) in [5.41, 5.74) is 4.23. The lowest BCUT2D eigenvalue weighted by molar-refractivity contribution is 0.0696. The summed E-state index contributed by atoms with van der Waals surface area (Å²) in [6.45, 7) is 4.81. The van der Waals surface area contributed by atoms with Crippen molar-refractivity contribution < 1.29 is 4.79 Å². The molecule has 2 aliphatic rings. The maximum Gasteiger partial charge on any atom is 0.266 e. The molecule has 0 bridgehead atoms. The molecule has 1 aliphatic heterocycles. The van der Waals surface area contributed by atoms with Crippen LogP contribution in [0.25, 0.3) is 0 Å². The summed E-state index contributed by atoms with van der Waals surface area (Å²) in [6, 6.07) is 2.51. The Labute approximate surface area is 144 Å². The van der Waals surface area contributed by atoms with Crippen molar-refractivity contribution in [3.8, 4) is 0 Å². The first-order chi connectivity index (χ1) is 11.2. The van der Waals surface area contributed by atoms with Crippen LogP contribution < -0.4 is 5.32 Å². The first kappa shape index (κ1) is 15.3. The van der Waals surface area contributed by atoms with E-state index in [1.807, 2.05) is 6.92 Å². The molecule has 23 heavy (non-hydrogen) atoms. The van der Waals surface area contributed by atoms with E-state index in [4.69, 9.17) is 0 Å². The number of nitrogens with one attached hydrogen (secondary N) is 1. The van der Waals surface area contributed by atoms with Gasteiger partial charge >= 0.3 is 0 Å². The summed E-state index contributed by atoms with van der Waals surface area (Å²) in [7, 11) is 0. The van der Waals surface area contributed by atoms with Crippen LogP contribution in [0.1, 0.15) is 40.2 Å². The van der Waals surface area contributed by atoms with Gasteiger partial charge in [-0.15, -0.1) is 11.3 Å². The van der Waals surface area contributed by atoms with E-state index >= 15 is 0 Å². The zero-order chi connectivity index (χ0) is 15.9. The van der Waals surface area contributed by atoms with Gasteiger partial charge in [-0.1, -0.05) is 0 Å². The average molecular weight is 348 g/mol. The highest BCUT2D eigenvalue weighted by molar-refractivity contribution is 7.11. The van der Waals surface area contributed by atoms with Crippen molar-refractivity contribution in [3.63, 3.8) is 0 Å². The molecule has 4 nitrogen and oxygen atoms in total. The zero-order valence-electron chi connectivity index (χ0n) is 13.2. The second-order valence-corrected chi connectivity index (χ2v) is 8.30. The van der Waals surface area contributed by atoms with Crippen molar-refractivity contribution >= 4 is 28.6 Å². The van der Waals surface area contributed by atoms with Crippen LogP contribution in [-0.2, 0) is 6.54 Å². The first-order valence-corrected chi connectivity index (χ1v) is 9.95. The van der Waals surface area contributed by atoms with Crippen molar-refractivity contribution in [2.75, 3.05) is 13.1 Å². The molecule has 1 amide bonds. The predicted octanol–water partition coefficient (Wildman–Crippen LogP) is 3.30. The monoisotopic (exact) mass is 347 g/mol. The van der Waals surface area contributed by atoms with Crippen LogP contribution in [0.4, 0.5) is 0 Å². The van der Waals surface area contributed by atoms with Gasteiger partial charge in [0.2, 0.25) is 0 Å². The number of nitrogens with zero attached hydrogens (tertiary/aromatic N) is 2. The van der Waals surface area contributed by atoms with Crippen LogP contribution in [0.2, 0.25) is 0 Å². The Morgan fingerprint density at radius 3 is 2.96 bits per heavy atom. The first-order valence-electron chi connectivity index (χ1n) is 8.12. The third-order valence-corrected chi connectivity index (χ3v) is 6.90. The molecule has 3 heterocycles. The molecular weight excluding hydrogens is 326 g/mol. The largest absolute Gasteiger partial charge is 0.330 e. The number of amides is 1. The number of rotatable bonds is 4. The number of thiazole rings is 1. The van der Waals surface area contributed by atoms with E-state index in [1.165, 1.54) is 29.7 Å². The lowest BCUT2D eigenvalue weighted by atomic mass is 9.93. The van der Waals surface area contributed by atoms with Crippen molar-refractivity contribution in [1.29, 1.82) is 0 Å². The van der Waals surface area contributed by atoms with Crippen molar-refractivity contribution in [2.45, 2.75) is 38.8 Å². The lowest BCUT2D eigenvalue weighted by Crippen LogP contribution is -2.39. The smallest absolute Gasteiger partial charge is 0.266 e. The molecule has 0 radical (unpaired) electrons. The van der Waals surface area contributed by atoms with Gasteiger partial charge in [-0.2, -0.15) is 11.3 Å². The molecule has 6 heteroatoms. The summed E-state index contributed by atoms with van der Waals surface area (Å²) >= 11 is 3.16. The summed E-state index contributed by atoms with van der Waals surface area (Å²) in [4.78, 5) is 20.3. The van der Waals surface area contributed by atoms with Gasteiger partial charge in [0.1, 0.15) is 4.88 Å². The Bertz CT molecular complexity index is 689. The zero-order valence-corrected chi connectivity index (χ0v) is 14.9. The Hall–Kier alpha value is -1.24. The Balaban J connectivity index is 1.59. The van der Waals surface area contributed by atoms with Crippen LogP contribution in [0, 0.1) is 12.3 Å². The molecule has 2 aromatic rings. The Morgan fingerprint density at radius 1 is 1.48 bits per heavy atom. The van der Waals surface area contributed by atoms with Crippen molar-refractivity contribution in [2.24, 2.45) is 5.41 Å². The van der Waals surface area contributed by atoms with Gasteiger partial charge in [-0.25, -0.2) is 4.98 Å². The Kier molecular flexibility index (Phi) is 3.99. The molecule has 1 spiro atoms. The van der Waals surface area contributed by atoms with Gasteiger partial charge < -0.3 is 10.2 Å². The molecule has 2 aromatic heterocycles. The predicted molar refractivity (Wildman–Crippen MR) is 94.0 cm³/mol. The number of thiophene rings is 1. The average Bonchev–Trinajstić information content (AvgIpc) is 2.97. The van der Waals surface area contributed by atoms with Crippen LogP contribution in [0.3, 0.4) is 0 Å². The van der Waals surface area contributed by atoms with Gasteiger partial charge in [0.05, 0.1) is 11.2 Å². The number of aromatic nitrogens is 1. The fraction of sp³-hybridized carbons (Fsp3) is 0.529. The molecule has 1 aliphatic carbocycles. The van der Waals surface area contributed by atoms with E-state index in [0.717, 1.165) is 36.6 Å². The Morgan fingerprint density at radius 2 is 2.30 bits per heavy atom. The normalized spacial score (nSPS) is 22.2. The molecular formula is C17H21N3OS2. The highest BCUT2D eigenvalue weighted by Crippen LogP contribution is 2.56. The van der Waals surface area contributed by atoms with Gasteiger partial charge in [0.25, 0.3) is 5.91 Å². The molecule has 1 saturated heterocycles. The molecule has 1 N–H and O–H groups in total.